The molecule has 1 atom stereocenters. The van der Waals surface area contributed by atoms with Gasteiger partial charge in [-0.05, 0) is 38.4 Å². The summed E-state index contributed by atoms with van der Waals surface area (Å²) in [4.78, 5) is 38.3. The van der Waals surface area contributed by atoms with Crippen LogP contribution in [0, 0.1) is 12.8 Å². The van der Waals surface area contributed by atoms with Crippen LogP contribution in [0.25, 0.3) is 0 Å². The van der Waals surface area contributed by atoms with Gasteiger partial charge in [0.25, 0.3) is 0 Å². The van der Waals surface area contributed by atoms with E-state index in [1.54, 1.807) is 0 Å². The second kappa shape index (κ2) is 8.43. The number of benzene rings is 1. The van der Waals surface area contributed by atoms with Gasteiger partial charge in [-0.2, -0.15) is 0 Å². The number of esters is 1. The second-order valence-electron chi connectivity index (χ2n) is 7.28. The highest BCUT2D eigenvalue weighted by molar-refractivity contribution is 5.95. The Morgan fingerprint density at radius 1 is 1.21 bits per heavy atom. The van der Waals surface area contributed by atoms with E-state index in [0.29, 0.717) is 43.7 Å². The van der Waals surface area contributed by atoms with Gasteiger partial charge in [0.05, 0.1) is 18.7 Å². The van der Waals surface area contributed by atoms with Gasteiger partial charge >= 0.3 is 12.0 Å². The van der Waals surface area contributed by atoms with Crippen molar-refractivity contribution in [1.82, 2.24) is 15.5 Å². The van der Waals surface area contributed by atoms with Crippen LogP contribution in [0.5, 0.6) is 0 Å². The average molecular weight is 386 g/mol. The number of primary amides is 1. The molecule has 4 N–H and O–H groups in total. The van der Waals surface area contributed by atoms with Gasteiger partial charge in [0, 0.05) is 18.2 Å². The van der Waals surface area contributed by atoms with Gasteiger partial charge in [0.15, 0.2) is 0 Å². The molecule has 1 aromatic rings. The van der Waals surface area contributed by atoms with E-state index in [1.165, 1.54) is 7.11 Å². The first kappa shape index (κ1) is 19.9. The predicted molar refractivity (Wildman–Crippen MR) is 103 cm³/mol. The molecule has 150 valence electrons. The summed E-state index contributed by atoms with van der Waals surface area (Å²) in [7, 11) is 1.33. The van der Waals surface area contributed by atoms with Gasteiger partial charge < -0.3 is 21.1 Å². The highest BCUT2D eigenvalue weighted by Gasteiger charge is 2.34. The summed E-state index contributed by atoms with van der Waals surface area (Å²) < 4.78 is 5.00. The van der Waals surface area contributed by atoms with Gasteiger partial charge in [0.2, 0.25) is 5.91 Å². The van der Waals surface area contributed by atoms with Gasteiger partial charge in [-0.1, -0.05) is 29.8 Å². The average Bonchev–Trinajstić information content (AvgIpc) is 2.68. The largest absolute Gasteiger partial charge is 0.466 e. The number of piperidine rings is 1. The Bertz CT molecular complexity index is 795. The third-order valence-electron chi connectivity index (χ3n) is 5.34. The van der Waals surface area contributed by atoms with E-state index in [-0.39, 0.29) is 17.9 Å². The van der Waals surface area contributed by atoms with Crippen LogP contribution in [0.1, 0.15) is 30.0 Å². The molecule has 3 rings (SSSR count). The highest BCUT2D eigenvalue weighted by atomic mass is 16.5. The first-order chi connectivity index (χ1) is 13.4. The lowest BCUT2D eigenvalue weighted by molar-refractivity contribution is -0.136. The Balaban J connectivity index is 1.88. The number of methoxy groups -OCH3 is 1. The summed E-state index contributed by atoms with van der Waals surface area (Å²) in [5, 5.41) is 5.59. The monoisotopic (exact) mass is 386 g/mol. The molecular formula is C20H26N4O4. The molecule has 1 fully saturated rings. The van der Waals surface area contributed by atoms with Gasteiger partial charge in [-0.25, -0.2) is 9.59 Å². The number of rotatable bonds is 5. The zero-order chi connectivity index (χ0) is 20.3. The number of hydrogen-bond acceptors (Lipinski definition) is 5. The van der Waals surface area contributed by atoms with Crippen LogP contribution < -0.4 is 16.4 Å². The molecule has 3 amide bonds. The van der Waals surface area contributed by atoms with Gasteiger partial charge in [0.1, 0.15) is 0 Å². The lowest BCUT2D eigenvalue weighted by Crippen LogP contribution is -2.49. The summed E-state index contributed by atoms with van der Waals surface area (Å²) in [5.41, 5.74) is 8.21. The summed E-state index contributed by atoms with van der Waals surface area (Å²) in [6, 6.07) is 6.72. The number of nitrogens with two attached hydrogens (primary N) is 1. The molecule has 2 heterocycles. The highest BCUT2D eigenvalue weighted by Crippen LogP contribution is 2.29. The van der Waals surface area contributed by atoms with Gasteiger partial charge in [-0.15, -0.1) is 0 Å². The number of ether oxygens (including phenoxy) is 1. The molecule has 0 aliphatic carbocycles. The van der Waals surface area contributed by atoms with E-state index in [4.69, 9.17) is 10.5 Å². The van der Waals surface area contributed by atoms with Crippen LogP contribution in [-0.4, -0.2) is 49.6 Å². The SMILES string of the molecule is COC(=O)C1=C(CN2CCC(C(N)=O)CC2)NC(=O)NC1c1ccc(C)cc1. The number of nitrogens with zero attached hydrogens (tertiary/aromatic N) is 1. The number of aryl methyl sites for hydroxylation is 1. The molecule has 0 spiro atoms. The Kier molecular flexibility index (Phi) is 5.99. The van der Waals surface area contributed by atoms with Gasteiger partial charge in [-0.3, -0.25) is 9.69 Å². The molecule has 0 aromatic heterocycles. The number of amides is 3. The molecule has 28 heavy (non-hydrogen) atoms. The quantitative estimate of drug-likeness (QED) is 0.653. The van der Waals surface area contributed by atoms with Crippen molar-refractivity contribution < 1.29 is 19.1 Å². The fraction of sp³-hybridized carbons (Fsp3) is 0.450. The van der Waals surface area contributed by atoms with E-state index < -0.39 is 12.0 Å². The number of carbonyl (C=O) groups excluding carboxylic acids is 3. The summed E-state index contributed by atoms with van der Waals surface area (Å²) in [5.74, 6) is -0.878. The summed E-state index contributed by atoms with van der Waals surface area (Å²) >= 11 is 0. The maximum atomic E-state index is 12.6. The Morgan fingerprint density at radius 3 is 2.43 bits per heavy atom. The fourth-order valence-corrected chi connectivity index (χ4v) is 3.70. The summed E-state index contributed by atoms with van der Waals surface area (Å²) in [6.07, 6.45) is 1.34. The van der Waals surface area contributed by atoms with E-state index >= 15 is 0 Å². The van der Waals surface area contributed by atoms with Crippen LogP contribution in [-0.2, 0) is 14.3 Å². The molecule has 8 heteroatoms. The maximum absolute atomic E-state index is 12.6. The third kappa shape index (κ3) is 4.33. The number of carbonyl (C=O) groups is 3. The first-order valence-corrected chi connectivity index (χ1v) is 9.36. The fourth-order valence-electron chi connectivity index (χ4n) is 3.70. The normalized spacial score (nSPS) is 21.1. The van der Waals surface area contributed by atoms with Crippen molar-refractivity contribution in [3.8, 4) is 0 Å². The molecule has 2 aliphatic rings. The Morgan fingerprint density at radius 2 is 1.86 bits per heavy atom. The molecule has 2 aliphatic heterocycles. The smallest absolute Gasteiger partial charge is 0.338 e. The zero-order valence-electron chi connectivity index (χ0n) is 16.2. The molecule has 1 aromatic carbocycles. The summed E-state index contributed by atoms with van der Waals surface area (Å²) in [6.45, 7) is 3.71. The first-order valence-electron chi connectivity index (χ1n) is 9.36. The lowest BCUT2D eigenvalue weighted by atomic mass is 9.93. The van der Waals surface area contributed by atoms with Crippen molar-refractivity contribution in [3.63, 3.8) is 0 Å². The minimum Gasteiger partial charge on any atom is -0.466 e. The van der Waals surface area contributed by atoms with Crippen LogP contribution >= 0.6 is 0 Å². The van der Waals surface area contributed by atoms with Crippen molar-refractivity contribution in [2.75, 3.05) is 26.7 Å². The molecule has 0 saturated carbocycles. The third-order valence-corrected chi connectivity index (χ3v) is 5.34. The molecular weight excluding hydrogens is 360 g/mol. The minimum absolute atomic E-state index is 0.117. The van der Waals surface area contributed by atoms with E-state index in [9.17, 15) is 14.4 Å². The molecule has 0 radical (unpaired) electrons. The van der Waals surface area contributed by atoms with E-state index in [2.05, 4.69) is 15.5 Å². The van der Waals surface area contributed by atoms with E-state index in [0.717, 1.165) is 11.1 Å². The lowest BCUT2D eigenvalue weighted by Gasteiger charge is -2.34. The topological polar surface area (TPSA) is 114 Å². The second-order valence-corrected chi connectivity index (χ2v) is 7.28. The molecule has 8 nitrogen and oxygen atoms in total. The number of likely N-dealkylation sites (tertiary alicyclic amines) is 1. The van der Waals surface area contributed by atoms with Crippen molar-refractivity contribution in [2.24, 2.45) is 11.7 Å². The minimum atomic E-state index is -0.583. The van der Waals surface area contributed by atoms with Crippen LogP contribution in [0.4, 0.5) is 4.79 Å². The molecule has 1 unspecified atom stereocenters. The maximum Gasteiger partial charge on any atom is 0.338 e. The van der Waals surface area contributed by atoms with Crippen molar-refractivity contribution >= 4 is 17.9 Å². The van der Waals surface area contributed by atoms with Crippen LogP contribution in [0.2, 0.25) is 0 Å². The Hall–Kier alpha value is -2.87. The van der Waals surface area contributed by atoms with Crippen molar-refractivity contribution in [3.05, 3.63) is 46.7 Å². The van der Waals surface area contributed by atoms with Crippen molar-refractivity contribution in [2.45, 2.75) is 25.8 Å². The van der Waals surface area contributed by atoms with E-state index in [1.807, 2.05) is 31.2 Å². The standard InChI is InChI=1S/C20H26N4O4/c1-12-3-5-13(6-4-12)17-16(19(26)28-2)15(22-20(27)23-17)11-24-9-7-14(8-10-24)18(21)25/h3-6,14,17H,7-11H2,1-2H3,(H2,21,25)(H2,22,23,27). The number of hydrogen-bond donors (Lipinski definition) is 3. The van der Waals surface area contributed by atoms with Crippen LogP contribution in [0.3, 0.4) is 0 Å². The predicted octanol–water partition coefficient (Wildman–Crippen LogP) is 0.973. The Labute approximate surface area is 164 Å². The molecule has 1 saturated heterocycles. The molecule has 0 bridgehead atoms. The van der Waals surface area contributed by atoms with Crippen LogP contribution in [0.15, 0.2) is 35.5 Å². The zero-order valence-corrected chi connectivity index (χ0v) is 16.2. The van der Waals surface area contributed by atoms with Crippen molar-refractivity contribution in [1.29, 1.82) is 0 Å². The number of nitrogens with one attached hydrogen (secondary N) is 2. The number of urea groups is 1.